The molecular weight excluding hydrogens is 274 g/mol. The zero-order valence-corrected chi connectivity index (χ0v) is 11.3. The predicted molar refractivity (Wildman–Crippen MR) is 80.5 cm³/mol. The molecule has 0 aliphatic heterocycles. The van der Waals surface area contributed by atoms with Crippen LogP contribution in [0.2, 0.25) is 0 Å². The number of halogens is 1. The standard InChI is InChI=1S/C15H12ClN3O/c16-13(10-12-6-2-1-3-7-12)11-18-19-15(20)14-8-4-5-9-17-14/h1-11H,(H,19,20)/b13-10-,18-11+. The third kappa shape index (κ3) is 4.33. The van der Waals surface area contributed by atoms with Gasteiger partial charge in [0.25, 0.3) is 5.91 Å². The Balaban J connectivity index is 1.94. The van der Waals surface area contributed by atoms with Crippen molar-refractivity contribution in [3.8, 4) is 0 Å². The predicted octanol–water partition coefficient (Wildman–Crippen LogP) is 3.08. The zero-order valence-electron chi connectivity index (χ0n) is 10.5. The molecule has 4 nitrogen and oxygen atoms in total. The second kappa shape index (κ2) is 7.21. The van der Waals surface area contributed by atoms with Gasteiger partial charge in [-0.3, -0.25) is 9.78 Å². The van der Waals surface area contributed by atoms with Gasteiger partial charge in [-0.25, -0.2) is 5.43 Å². The van der Waals surface area contributed by atoms with E-state index in [1.165, 1.54) is 6.21 Å². The smallest absolute Gasteiger partial charge is 0.266 e. The number of rotatable bonds is 4. The highest BCUT2D eigenvalue weighted by atomic mass is 35.5. The number of hydrogen-bond acceptors (Lipinski definition) is 3. The number of allylic oxidation sites excluding steroid dienone is 1. The van der Waals surface area contributed by atoms with Gasteiger partial charge in [0.1, 0.15) is 5.69 Å². The van der Waals surface area contributed by atoms with Crippen LogP contribution in [0.25, 0.3) is 6.08 Å². The average molecular weight is 286 g/mol. The van der Waals surface area contributed by atoms with Crippen molar-refractivity contribution in [2.24, 2.45) is 5.10 Å². The van der Waals surface area contributed by atoms with Crippen molar-refractivity contribution >= 4 is 29.8 Å². The number of carbonyl (C=O) groups excluding carboxylic acids is 1. The molecule has 0 saturated heterocycles. The molecule has 0 aliphatic rings. The van der Waals surface area contributed by atoms with E-state index >= 15 is 0 Å². The second-order valence-corrected chi connectivity index (χ2v) is 4.29. The van der Waals surface area contributed by atoms with E-state index in [2.05, 4.69) is 15.5 Å². The monoisotopic (exact) mass is 285 g/mol. The SMILES string of the molecule is O=C(N/N=C/C(Cl)=C/c1ccccc1)c1ccccn1. The molecule has 0 fully saturated rings. The third-order valence-electron chi connectivity index (χ3n) is 2.36. The first-order valence-corrected chi connectivity index (χ1v) is 6.30. The van der Waals surface area contributed by atoms with E-state index in [1.54, 1.807) is 30.5 Å². The zero-order chi connectivity index (χ0) is 14.2. The molecular formula is C15H12ClN3O. The molecule has 1 aromatic heterocycles. The van der Waals surface area contributed by atoms with Gasteiger partial charge >= 0.3 is 0 Å². The van der Waals surface area contributed by atoms with E-state index in [0.29, 0.717) is 10.7 Å². The second-order valence-electron chi connectivity index (χ2n) is 3.85. The highest BCUT2D eigenvalue weighted by Crippen LogP contribution is 2.07. The maximum atomic E-state index is 11.6. The molecule has 0 radical (unpaired) electrons. The number of carbonyl (C=O) groups is 1. The first-order chi connectivity index (χ1) is 9.75. The summed E-state index contributed by atoms with van der Waals surface area (Å²) >= 11 is 5.99. The van der Waals surface area contributed by atoms with E-state index in [1.807, 2.05) is 30.3 Å². The molecule has 20 heavy (non-hydrogen) atoms. The Morgan fingerprint density at radius 3 is 2.60 bits per heavy atom. The molecule has 5 heteroatoms. The lowest BCUT2D eigenvalue weighted by Crippen LogP contribution is -2.18. The lowest BCUT2D eigenvalue weighted by Gasteiger charge is -1.97. The summed E-state index contributed by atoms with van der Waals surface area (Å²) in [7, 11) is 0. The number of nitrogens with one attached hydrogen (secondary N) is 1. The Morgan fingerprint density at radius 1 is 1.15 bits per heavy atom. The quantitative estimate of drug-likeness (QED) is 0.693. The van der Waals surface area contributed by atoms with Gasteiger partial charge in [0, 0.05) is 6.20 Å². The highest BCUT2D eigenvalue weighted by Gasteiger charge is 2.03. The van der Waals surface area contributed by atoms with Gasteiger partial charge in [0.15, 0.2) is 0 Å². The van der Waals surface area contributed by atoms with Crippen molar-refractivity contribution in [1.29, 1.82) is 0 Å². The lowest BCUT2D eigenvalue weighted by atomic mass is 10.2. The van der Waals surface area contributed by atoms with E-state index in [9.17, 15) is 4.79 Å². The first-order valence-electron chi connectivity index (χ1n) is 5.92. The minimum absolute atomic E-state index is 0.299. The van der Waals surface area contributed by atoms with Crippen molar-refractivity contribution in [3.05, 3.63) is 71.0 Å². The van der Waals surface area contributed by atoms with Crippen LogP contribution in [-0.2, 0) is 0 Å². The topological polar surface area (TPSA) is 54.4 Å². The van der Waals surface area contributed by atoms with Crippen molar-refractivity contribution in [2.45, 2.75) is 0 Å². The molecule has 0 unspecified atom stereocenters. The summed E-state index contributed by atoms with van der Waals surface area (Å²) in [5.74, 6) is -0.383. The average Bonchev–Trinajstić information content (AvgIpc) is 2.49. The molecule has 0 aliphatic carbocycles. The molecule has 0 spiro atoms. The van der Waals surface area contributed by atoms with Gasteiger partial charge in [0.05, 0.1) is 11.2 Å². The largest absolute Gasteiger partial charge is 0.289 e. The number of hydrazone groups is 1. The Kier molecular flexibility index (Phi) is 5.03. The molecule has 0 atom stereocenters. The van der Waals surface area contributed by atoms with Crippen molar-refractivity contribution in [1.82, 2.24) is 10.4 Å². The summed E-state index contributed by atoms with van der Waals surface area (Å²) < 4.78 is 0. The normalized spacial score (nSPS) is 11.6. The number of aromatic nitrogens is 1. The molecule has 0 bridgehead atoms. The van der Waals surface area contributed by atoms with Crippen LogP contribution in [0.15, 0.2) is 64.9 Å². The van der Waals surface area contributed by atoms with Gasteiger partial charge in [-0.1, -0.05) is 48.0 Å². The number of benzene rings is 1. The van der Waals surface area contributed by atoms with Crippen LogP contribution >= 0.6 is 11.6 Å². The van der Waals surface area contributed by atoms with E-state index in [-0.39, 0.29) is 5.91 Å². The Bertz CT molecular complexity index is 624. The molecule has 1 heterocycles. The summed E-state index contributed by atoms with van der Waals surface area (Å²) in [5, 5.41) is 4.19. The number of hydrogen-bond donors (Lipinski definition) is 1. The van der Waals surface area contributed by atoms with Gasteiger partial charge < -0.3 is 0 Å². The van der Waals surface area contributed by atoms with Crippen LogP contribution in [0.5, 0.6) is 0 Å². The molecule has 1 N–H and O–H groups in total. The van der Waals surface area contributed by atoms with Gasteiger partial charge in [-0.15, -0.1) is 0 Å². The molecule has 0 saturated carbocycles. The maximum Gasteiger partial charge on any atom is 0.289 e. The maximum absolute atomic E-state index is 11.6. The Labute approximate surface area is 121 Å². The van der Waals surface area contributed by atoms with Gasteiger partial charge in [-0.05, 0) is 23.8 Å². The number of amides is 1. The molecule has 100 valence electrons. The van der Waals surface area contributed by atoms with Crippen LogP contribution in [0.3, 0.4) is 0 Å². The fourth-order valence-electron chi connectivity index (χ4n) is 1.45. The summed E-state index contributed by atoms with van der Waals surface area (Å²) in [6.07, 6.45) is 4.66. The Morgan fingerprint density at radius 2 is 1.90 bits per heavy atom. The third-order valence-corrected chi connectivity index (χ3v) is 2.56. The fraction of sp³-hybridized carbons (Fsp3) is 0. The van der Waals surface area contributed by atoms with E-state index in [4.69, 9.17) is 11.6 Å². The lowest BCUT2D eigenvalue weighted by molar-refractivity contribution is 0.0950. The van der Waals surface area contributed by atoms with Crippen LogP contribution in [0, 0.1) is 0 Å². The van der Waals surface area contributed by atoms with E-state index < -0.39 is 0 Å². The van der Waals surface area contributed by atoms with Crippen LogP contribution < -0.4 is 5.43 Å². The van der Waals surface area contributed by atoms with Crippen molar-refractivity contribution in [2.75, 3.05) is 0 Å². The number of nitrogens with zero attached hydrogens (tertiary/aromatic N) is 2. The van der Waals surface area contributed by atoms with Crippen molar-refractivity contribution in [3.63, 3.8) is 0 Å². The Hall–Kier alpha value is -2.46. The molecule has 1 aromatic carbocycles. The minimum atomic E-state index is -0.383. The minimum Gasteiger partial charge on any atom is -0.266 e. The summed E-state index contributed by atoms with van der Waals surface area (Å²) in [6, 6.07) is 14.7. The van der Waals surface area contributed by atoms with Gasteiger partial charge in [0.2, 0.25) is 0 Å². The van der Waals surface area contributed by atoms with Crippen molar-refractivity contribution < 1.29 is 4.79 Å². The van der Waals surface area contributed by atoms with E-state index in [0.717, 1.165) is 5.56 Å². The fourth-order valence-corrected chi connectivity index (χ4v) is 1.63. The van der Waals surface area contributed by atoms with Crippen LogP contribution in [-0.4, -0.2) is 17.1 Å². The number of pyridine rings is 1. The van der Waals surface area contributed by atoms with Crippen LogP contribution in [0.1, 0.15) is 16.1 Å². The summed E-state index contributed by atoms with van der Waals surface area (Å²) in [6.45, 7) is 0. The molecule has 2 aromatic rings. The highest BCUT2D eigenvalue weighted by molar-refractivity contribution is 6.41. The summed E-state index contributed by atoms with van der Waals surface area (Å²) in [4.78, 5) is 15.5. The molecule has 2 rings (SSSR count). The first kappa shape index (κ1) is 14.0. The summed E-state index contributed by atoms with van der Waals surface area (Å²) in [5.41, 5.74) is 3.62. The van der Waals surface area contributed by atoms with Crippen LogP contribution in [0.4, 0.5) is 0 Å². The van der Waals surface area contributed by atoms with Gasteiger partial charge in [-0.2, -0.15) is 5.10 Å². The molecule has 1 amide bonds.